The maximum Gasteiger partial charge on any atom is 0.257 e. The number of carbonyl (C=O) groups is 1. The highest BCUT2D eigenvalue weighted by Gasteiger charge is 2.18. The number of aliphatic hydroxyl groups is 1. The molecule has 0 fully saturated rings. The molecule has 2 atom stereocenters. The van der Waals surface area contributed by atoms with E-state index in [9.17, 15) is 13.6 Å². The molecule has 0 aliphatic heterocycles. The molecule has 0 radical (unpaired) electrons. The standard InChI is InChI=1S/C12H15F2NO2/c1-7(6-8(2)16)15-12(17)11-9(13)4-3-5-10(11)14/h3-5,7-8,16H,6H2,1-2H3,(H,15,17). The molecule has 0 spiro atoms. The van der Waals surface area contributed by atoms with Gasteiger partial charge in [0, 0.05) is 6.04 Å². The van der Waals surface area contributed by atoms with E-state index in [1.54, 1.807) is 13.8 Å². The molecule has 1 rings (SSSR count). The topological polar surface area (TPSA) is 49.3 Å². The fourth-order valence-electron chi connectivity index (χ4n) is 1.58. The average Bonchev–Trinajstić information content (AvgIpc) is 2.15. The van der Waals surface area contributed by atoms with E-state index in [2.05, 4.69) is 5.32 Å². The molecule has 94 valence electrons. The second-order valence-corrected chi connectivity index (χ2v) is 4.06. The summed E-state index contributed by atoms with van der Waals surface area (Å²) in [7, 11) is 0. The minimum Gasteiger partial charge on any atom is -0.393 e. The first kappa shape index (κ1) is 13.6. The Bertz CT molecular complexity index is 387. The first-order chi connectivity index (χ1) is 7.91. The van der Waals surface area contributed by atoms with Crippen LogP contribution in [-0.4, -0.2) is 23.2 Å². The molecule has 2 N–H and O–H groups in total. The van der Waals surface area contributed by atoms with Crippen LogP contribution in [0.15, 0.2) is 18.2 Å². The summed E-state index contributed by atoms with van der Waals surface area (Å²) in [5, 5.41) is 11.5. The van der Waals surface area contributed by atoms with Gasteiger partial charge >= 0.3 is 0 Å². The van der Waals surface area contributed by atoms with Crippen LogP contribution in [0.3, 0.4) is 0 Å². The van der Waals surface area contributed by atoms with Crippen molar-refractivity contribution in [3.63, 3.8) is 0 Å². The molecule has 0 bridgehead atoms. The summed E-state index contributed by atoms with van der Waals surface area (Å²) < 4.78 is 26.5. The second-order valence-electron chi connectivity index (χ2n) is 4.06. The van der Waals surface area contributed by atoms with Gasteiger partial charge in [-0.15, -0.1) is 0 Å². The SMILES string of the molecule is CC(O)CC(C)NC(=O)c1c(F)cccc1F. The highest BCUT2D eigenvalue weighted by atomic mass is 19.1. The Kier molecular flexibility index (Phi) is 4.57. The Morgan fingerprint density at radius 1 is 1.35 bits per heavy atom. The monoisotopic (exact) mass is 243 g/mol. The largest absolute Gasteiger partial charge is 0.393 e. The third-order valence-electron chi connectivity index (χ3n) is 2.26. The van der Waals surface area contributed by atoms with Crippen LogP contribution in [0.5, 0.6) is 0 Å². The first-order valence-corrected chi connectivity index (χ1v) is 5.34. The lowest BCUT2D eigenvalue weighted by atomic mass is 10.1. The van der Waals surface area contributed by atoms with E-state index in [1.807, 2.05) is 0 Å². The van der Waals surface area contributed by atoms with Gasteiger partial charge in [-0.05, 0) is 32.4 Å². The molecule has 1 amide bonds. The van der Waals surface area contributed by atoms with Crippen LogP contribution >= 0.6 is 0 Å². The van der Waals surface area contributed by atoms with Gasteiger partial charge < -0.3 is 10.4 Å². The van der Waals surface area contributed by atoms with E-state index in [1.165, 1.54) is 6.07 Å². The van der Waals surface area contributed by atoms with Crippen LogP contribution in [0.1, 0.15) is 30.6 Å². The number of carbonyl (C=O) groups excluding carboxylic acids is 1. The number of benzene rings is 1. The Morgan fingerprint density at radius 2 is 1.88 bits per heavy atom. The highest BCUT2D eigenvalue weighted by Crippen LogP contribution is 2.12. The normalized spacial score (nSPS) is 14.2. The van der Waals surface area contributed by atoms with Crippen LogP contribution in [0.2, 0.25) is 0 Å². The number of nitrogens with one attached hydrogen (secondary N) is 1. The predicted octanol–water partition coefficient (Wildman–Crippen LogP) is 1.85. The molecule has 1 aromatic carbocycles. The van der Waals surface area contributed by atoms with Gasteiger partial charge in [-0.3, -0.25) is 4.79 Å². The van der Waals surface area contributed by atoms with Gasteiger partial charge in [0.2, 0.25) is 0 Å². The Hall–Kier alpha value is -1.49. The Balaban J connectivity index is 2.77. The summed E-state index contributed by atoms with van der Waals surface area (Å²) in [5.74, 6) is -2.60. The fraction of sp³-hybridized carbons (Fsp3) is 0.417. The molecular weight excluding hydrogens is 228 g/mol. The zero-order valence-electron chi connectivity index (χ0n) is 9.71. The summed E-state index contributed by atoms with van der Waals surface area (Å²) in [6.45, 7) is 3.23. The molecular formula is C12H15F2NO2. The molecule has 0 saturated heterocycles. The van der Waals surface area contributed by atoms with Crippen molar-refractivity contribution in [1.29, 1.82) is 0 Å². The summed E-state index contributed by atoms with van der Waals surface area (Å²) in [6.07, 6.45) is -0.266. The van der Waals surface area contributed by atoms with Gasteiger partial charge in [0.1, 0.15) is 17.2 Å². The third kappa shape index (κ3) is 3.78. The van der Waals surface area contributed by atoms with Crippen molar-refractivity contribution in [2.45, 2.75) is 32.4 Å². The van der Waals surface area contributed by atoms with Gasteiger partial charge in [0.25, 0.3) is 5.91 Å². The summed E-state index contributed by atoms with van der Waals surface area (Å²) in [5.41, 5.74) is -0.593. The highest BCUT2D eigenvalue weighted by molar-refractivity contribution is 5.94. The Morgan fingerprint density at radius 3 is 2.35 bits per heavy atom. The van der Waals surface area contributed by atoms with E-state index < -0.39 is 29.2 Å². The summed E-state index contributed by atoms with van der Waals surface area (Å²) in [6, 6.07) is 2.89. The summed E-state index contributed by atoms with van der Waals surface area (Å²) in [4.78, 5) is 11.6. The minimum atomic E-state index is -0.897. The molecule has 2 unspecified atom stereocenters. The van der Waals surface area contributed by atoms with Gasteiger partial charge in [0.05, 0.1) is 6.10 Å². The lowest BCUT2D eigenvalue weighted by Gasteiger charge is -2.15. The zero-order valence-corrected chi connectivity index (χ0v) is 9.71. The third-order valence-corrected chi connectivity index (χ3v) is 2.26. The van der Waals surface area contributed by atoms with Crippen LogP contribution in [0.4, 0.5) is 8.78 Å². The second kappa shape index (κ2) is 5.72. The van der Waals surface area contributed by atoms with E-state index >= 15 is 0 Å². The first-order valence-electron chi connectivity index (χ1n) is 5.34. The van der Waals surface area contributed by atoms with E-state index in [0.29, 0.717) is 6.42 Å². The van der Waals surface area contributed by atoms with E-state index in [4.69, 9.17) is 5.11 Å². The molecule has 0 saturated carbocycles. The predicted molar refractivity (Wildman–Crippen MR) is 59.6 cm³/mol. The lowest BCUT2D eigenvalue weighted by Crippen LogP contribution is -2.35. The van der Waals surface area contributed by atoms with Gasteiger partial charge in [-0.2, -0.15) is 0 Å². The van der Waals surface area contributed by atoms with Crippen LogP contribution in [0.25, 0.3) is 0 Å². The number of halogens is 2. The van der Waals surface area contributed by atoms with Crippen molar-refractivity contribution >= 4 is 5.91 Å². The molecule has 0 aliphatic carbocycles. The molecule has 17 heavy (non-hydrogen) atoms. The van der Waals surface area contributed by atoms with Crippen LogP contribution in [-0.2, 0) is 0 Å². The molecule has 5 heteroatoms. The van der Waals surface area contributed by atoms with Crippen molar-refractivity contribution in [2.75, 3.05) is 0 Å². The van der Waals surface area contributed by atoms with Crippen molar-refractivity contribution in [3.05, 3.63) is 35.4 Å². The van der Waals surface area contributed by atoms with Crippen molar-refractivity contribution in [2.24, 2.45) is 0 Å². The quantitative estimate of drug-likeness (QED) is 0.848. The smallest absolute Gasteiger partial charge is 0.257 e. The van der Waals surface area contributed by atoms with Gasteiger partial charge in [-0.25, -0.2) is 8.78 Å². The van der Waals surface area contributed by atoms with Gasteiger partial charge in [0.15, 0.2) is 0 Å². The molecule has 0 aromatic heterocycles. The number of aliphatic hydroxyl groups excluding tert-OH is 1. The maximum absolute atomic E-state index is 13.3. The lowest BCUT2D eigenvalue weighted by molar-refractivity contribution is 0.0914. The molecule has 1 aromatic rings. The average molecular weight is 243 g/mol. The van der Waals surface area contributed by atoms with Crippen LogP contribution in [0, 0.1) is 11.6 Å². The van der Waals surface area contributed by atoms with E-state index in [-0.39, 0.29) is 6.04 Å². The number of amides is 1. The Labute approximate surface area is 98.5 Å². The van der Waals surface area contributed by atoms with Gasteiger partial charge in [-0.1, -0.05) is 6.07 Å². The van der Waals surface area contributed by atoms with E-state index in [0.717, 1.165) is 12.1 Å². The fourth-order valence-corrected chi connectivity index (χ4v) is 1.58. The maximum atomic E-state index is 13.3. The molecule has 3 nitrogen and oxygen atoms in total. The molecule has 0 aliphatic rings. The van der Waals surface area contributed by atoms with Crippen molar-refractivity contribution < 1.29 is 18.7 Å². The number of hydrogen-bond acceptors (Lipinski definition) is 2. The van der Waals surface area contributed by atoms with Crippen molar-refractivity contribution in [1.82, 2.24) is 5.32 Å². The van der Waals surface area contributed by atoms with Crippen LogP contribution < -0.4 is 5.32 Å². The number of hydrogen-bond donors (Lipinski definition) is 2. The zero-order chi connectivity index (χ0) is 13.0. The summed E-state index contributed by atoms with van der Waals surface area (Å²) >= 11 is 0. The minimum absolute atomic E-state index is 0.321. The number of rotatable bonds is 4. The molecule has 0 heterocycles. The van der Waals surface area contributed by atoms with Crippen molar-refractivity contribution in [3.8, 4) is 0 Å².